The average molecular weight is 401 g/mol. The van der Waals surface area contributed by atoms with Crippen LogP contribution in [0.2, 0.25) is 0 Å². The minimum Gasteiger partial charge on any atom is -0.494 e. The normalized spacial score (nSPS) is 11.8. The number of fused-ring (bicyclic) bond motifs is 1. The predicted molar refractivity (Wildman–Crippen MR) is 103 cm³/mol. The molecule has 3 aromatic heterocycles. The lowest BCUT2D eigenvalue weighted by molar-refractivity contribution is -0.127. The minimum atomic E-state index is -4.31. The van der Waals surface area contributed by atoms with Crippen molar-refractivity contribution in [3.63, 3.8) is 0 Å². The van der Waals surface area contributed by atoms with E-state index in [1.165, 1.54) is 6.20 Å². The fourth-order valence-corrected chi connectivity index (χ4v) is 3.13. The van der Waals surface area contributed by atoms with Crippen molar-refractivity contribution in [3.8, 4) is 11.4 Å². The van der Waals surface area contributed by atoms with E-state index in [4.69, 9.17) is 4.74 Å². The zero-order valence-corrected chi connectivity index (χ0v) is 15.7. The number of anilines is 2. The van der Waals surface area contributed by atoms with Gasteiger partial charge in [-0.25, -0.2) is 9.97 Å². The van der Waals surface area contributed by atoms with Gasteiger partial charge in [-0.15, -0.1) is 0 Å². The number of nitrogens with one attached hydrogen (secondary N) is 1. The van der Waals surface area contributed by atoms with Crippen LogP contribution in [0.25, 0.3) is 11.3 Å². The average Bonchev–Trinajstić information content (AvgIpc) is 3.26. The van der Waals surface area contributed by atoms with Crippen LogP contribution in [0.3, 0.4) is 0 Å². The van der Waals surface area contributed by atoms with Gasteiger partial charge in [0.15, 0.2) is 5.65 Å². The molecule has 0 amide bonds. The topological polar surface area (TPSA) is 56.4 Å². The quantitative estimate of drug-likeness (QED) is 0.527. The molecule has 29 heavy (non-hydrogen) atoms. The van der Waals surface area contributed by atoms with E-state index in [1.54, 1.807) is 36.2 Å². The fraction of sp³-hybridized carbons (Fsp3) is 0.200. The summed E-state index contributed by atoms with van der Waals surface area (Å²) < 4.78 is 47.0. The number of benzene rings is 1. The van der Waals surface area contributed by atoms with Gasteiger partial charge in [-0.3, -0.25) is 0 Å². The number of aryl methyl sites for hydroxylation is 1. The summed E-state index contributed by atoms with van der Waals surface area (Å²) in [5.41, 5.74) is 3.40. The van der Waals surface area contributed by atoms with Crippen LogP contribution in [-0.2, 0) is 6.42 Å². The van der Waals surface area contributed by atoms with Crippen LogP contribution >= 0.6 is 0 Å². The molecule has 1 aromatic carbocycles. The number of ether oxygens (including phenoxy) is 1. The molecule has 0 radical (unpaired) electrons. The third-order valence-corrected chi connectivity index (χ3v) is 4.36. The second-order valence-corrected chi connectivity index (χ2v) is 6.61. The Morgan fingerprint density at radius 3 is 2.69 bits per heavy atom. The van der Waals surface area contributed by atoms with Crippen molar-refractivity contribution in [1.82, 2.24) is 18.9 Å². The first-order chi connectivity index (χ1) is 13.8. The molecule has 0 saturated heterocycles. The second kappa shape index (κ2) is 7.16. The molecular weight excluding hydrogens is 383 g/mol. The molecule has 0 aliphatic heterocycles. The standard InChI is InChI=1S/C20H18F3N5O/c1-13-10-28(12-24-13)17-6-5-14(8-18(17)29-2)25-16-4-3-7-27-11-15(26-19(16)27)9-20(21,22)23/h3-8,10-12,25H,9H2,1-2H3. The summed E-state index contributed by atoms with van der Waals surface area (Å²) in [5.74, 6) is 0.625. The van der Waals surface area contributed by atoms with Crippen molar-refractivity contribution >= 4 is 17.0 Å². The number of alkyl halides is 3. The highest BCUT2D eigenvalue weighted by Crippen LogP contribution is 2.30. The molecule has 0 bridgehead atoms. The first-order valence-corrected chi connectivity index (χ1v) is 8.82. The van der Waals surface area contributed by atoms with E-state index in [0.717, 1.165) is 17.1 Å². The first kappa shape index (κ1) is 18.9. The van der Waals surface area contributed by atoms with Gasteiger partial charge < -0.3 is 19.0 Å². The van der Waals surface area contributed by atoms with Crippen molar-refractivity contribution in [2.45, 2.75) is 19.5 Å². The van der Waals surface area contributed by atoms with Crippen molar-refractivity contribution in [1.29, 1.82) is 0 Å². The van der Waals surface area contributed by atoms with Crippen LogP contribution in [0.4, 0.5) is 24.5 Å². The SMILES string of the molecule is COc1cc(Nc2cccn3cc(CC(F)(F)F)nc23)ccc1-n1cnc(C)c1. The number of aromatic nitrogens is 4. The molecule has 6 nitrogen and oxygen atoms in total. The van der Waals surface area contributed by atoms with Gasteiger partial charge in [0, 0.05) is 30.3 Å². The monoisotopic (exact) mass is 401 g/mol. The highest BCUT2D eigenvalue weighted by atomic mass is 19.4. The van der Waals surface area contributed by atoms with Crippen LogP contribution in [-0.4, -0.2) is 32.2 Å². The van der Waals surface area contributed by atoms with E-state index in [9.17, 15) is 13.2 Å². The molecule has 0 aliphatic rings. The number of hydrogen-bond acceptors (Lipinski definition) is 4. The zero-order valence-electron chi connectivity index (χ0n) is 15.7. The van der Waals surface area contributed by atoms with Crippen molar-refractivity contribution < 1.29 is 17.9 Å². The molecule has 1 N–H and O–H groups in total. The van der Waals surface area contributed by atoms with Gasteiger partial charge in [-0.05, 0) is 31.2 Å². The molecule has 9 heteroatoms. The van der Waals surface area contributed by atoms with Crippen LogP contribution in [0, 0.1) is 6.92 Å². The summed E-state index contributed by atoms with van der Waals surface area (Å²) in [6.07, 6.45) is 1.27. The highest BCUT2D eigenvalue weighted by Gasteiger charge is 2.29. The number of halogens is 3. The van der Waals surface area contributed by atoms with E-state index in [2.05, 4.69) is 15.3 Å². The van der Waals surface area contributed by atoms with Gasteiger partial charge in [0.2, 0.25) is 0 Å². The van der Waals surface area contributed by atoms with E-state index >= 15 is 0 Å². The van der Waals surface area contributed by atoms with E-state index < -0.39 is 12.6 Å². The van der Waals surface area contributed by atoms with E-state index in [1.807, 2.05) is 35.9 Å². The molecule has 0 saturated carbocycles. The molecule has 0 spiro atoms. The summed E-state index contributed by atoms with van der Waals surface area (Å²) in [5, 5.41) is 3.21. The van der Waals surface area contributed by atoms with Gasteiger partial charge in [0.25, 0.3) is 0 Å². The Morgan fingerprint density at radius 2 is 2.00 bits per heavy atom. The smallest absolute Gasteiger partial charge is 0.394 e. The van der Waals surface area contributed by atoms with E-state index in [0.29, 0.717) is 17.1 Å². The minimum absolute atomic E-state index is 0.0323. The Kier molecular flexibility index (Phi) is 4.65. The zero-order chi connectivity index (χ0) is 20.6. The van der Waals surface area contributed by atoms with Crippen molar-refractivity contribution in [2.24, 2.45) is 0 Å². The maximum atomic E-state index is 12.7. The van der Waals surface area contributed by atoms with Crippen LogP contribution in [0.15, 0.2) is 55.2 Å². The Morgan fingerprint density at radius 1 is 1.17 bits per heavy atom. The number of imidazole rings is 2. The Labute approximate surface area is 164 Å². The lowest BCUT2D eigenvalue weighted by atomic mass is 10.2. The number of hydrogen-bond donors (Lipinski definition) is 1. The molecule has 0 fully saturated rings. The summed E-state index contributed by atoms with van der Waals surface area (Å²) in [7, 11) is 1.57. The highest BCUT2D eigenvalue weighted by molar-refractivity contribution is 5.75. The predicted octanol–water partition coefficient (Wildman–Crippen LogP) is 4.69. The van der Waals surface area contributed by atoms with Crippen LogP contribution in [0.1, 0.15) is 11.4 Å². The maximum absolute atomic E-state index is 12.7. The summed E-state index contributed by atoms with van der Waals surface area (Å²) in [6.45, 7) is 1.90. The number of rotatable bonds is 5. The Bertz CT molecular complexity index is 1160. The molecule has 150 valence electrons. The lowest BCUT2D eigenvalue weighted by Crippen LogP contribution is -2.11. The Hall–Kier alpha value is -3.49. The largest absolute Gasteiger partial charge is 0.494 e. The molecule has 4 aromatic rings. The number of pyridine rings is 1. The lowest BCUT2D eigenvalue weighted by Gasteiger charge is -2.13. The summed E-state index contributed by atoms with van der Waals surface area (Å²) in [4.78, 5) is 8.36. The van der Waals surface area contributed by atoms with Gasteiger partial charge in [0.1, 0.15) is 5.75 Å². The molecule has 0 unspecified atom stereocenters. The number of nitrogens with zero attached hydrogens (tertiary/aromatic N) is 4. The fourth-order valence-electron chi connectivity index (χ4n) is 3.13. The second-order valence-electron chi connectivity index (χ2n) is 6.61. The van der Waals surface area contributed by atoms with Crippen molar-refractivity contribution in [2.75, 3.05) is 12.4 Å². The summed E-state index contributed by atoms with van der Waals surface area (Å²) in [6, 6.07) is 9.06. The molecule has 3 heterocycles. The number of methoxy groups -OCH3 is 1. The molecule has 4 rings (SSSR count). The maximum Gasteiger partial charge on any atom is 0.394 e. The van der Waals surface area contributed by atoms with E-state index in [-0.39, 0.29) is 5.69 Å². The van der Waals surface area contributed by atoms with Crippen LogP contribution < -0.4 is 10.1 Å². The third-order valence-electron chi connectivity index (χ3n) is 4.36. The molecular formula is C20H18F3N5O. The van der Waals surface area contributed by atoms with Gasteiger partial charge in [0.05, 0.1) is 42.6 Å². The van der Waals surface area contributed by atoms with Crippen molar-refractivity contribution in [3.05, 3.63) is 66.6 Å². The van der Waals surface area contributed by atoms with Gasteiger partial charge in [-0.1, -0.05) is 0 Å². The van der Waals surface area contributed by atoms with Gasteiger partial charge in [-0.2, -0.15) is 13.2 Å². The molecule has 0 atom stereocenters. The first-order valence-electron chi connectivity index (χ1n) is 8.82. The summed E-state index contributed by atoms with van der Waals surface area (Å²) >= 11 is 0. The Balaban J connectivity index is 1.66. The molecule has 0 aliphatic carbocycles. The van der Waals surface area contributed by atoms with Crippen LogP contribution in [0.5, 0.6) is 5.75 Å². The third kappa shape index (κ3) is 4.03. The van der Waals surface area contributed by atoms with Gasteiger partial charge >= 0.3 is 6.18 Å².